The number of anilines is 2. The topological polar surface area (TPSA) is 83.6 Å². The first-order valence-corrected chi connectivity index (χ1v) is 12.7. The first kappa shape index (κ1) is 24.8. The minimum absolute atomic E-state index is 0.192. The Kier molecular flexibility index (Phi) is 7.79. The van der Waals surface area contributed by atoms with Crippen LogP contribution in [0.1, 0.15) is 29.3 Å². The van der Waals surface area contributed by atoms with Gasteiger partial charge in [0.05, 0.1) is 17.6 Å². The van der Waals surface area contributed by atoms with Gasteiger partial charge in [0.25, 0.3) is 0 Å². The molecule has 3 aromatic rings. The van der Waals surface area contributed by atoms with Gasteiger partial charge in [-0.25, -0.2) is 8.42 Å². The molecule has 0 bridgehead atoms. The fourth-order valence-corrected chi connectivity index (χ4v) is 4.93. The van der Waals surface area contributed by atoms with Crippen LogP contribution in [0, 0.1) is 0 Å². The highest BCUT2D eigenvalue weighted by Gasteiger charge is 2.32. The summed E-state index contributed by atoms with van der Waals surface area (Å²) in [5.74, 6) is -0.901. The fourth-order valence-electron chi connectivity index (χ4n) is 3.42. The molecular weight excluding hydrogens is 483 g/mol. The van der Waals surface area contributed by atoms with Crippen molar-refractivity contribution in [2.45, 2.75) is 19.4 Å². The first-order chi connectivity index (χ1) is 15.6. The van der Waals surface area contributed by atoms with E-state index in [0.717, 1.165) is 10.6 Å². The van der Waals surface area contributed by atoms with E-state index in [1.807, 2.05) is 0 Å². The molecule has 0 fully saturated rings. The molecule has 0 aliphatic carbocycles. The molecule has 0 radical (unpaired) electrons. The maximum absolute atomic E-state index is 13.3. The van der Waals surface area contributed by atoms with E-state index in [2.05, 4.69) is 5.32 Å². The molecule has 3 aromatic carbocycles. The fraction of sp³-hybridized carbons (Fsp3) is 0.167. The maximum atomic E-state index is 13.3. The zero-order chi connectivity index (χ0) is 24.2. The molecule has 0 saturated carbocycles. The van der Waals surface area contributed by atoms with E-state index in [9.17, 15) is 18.0 Å². The van der Waals surface area contributed by atoms with Gasteiger partial charge in [-0.3, -0.25) is 13.9 Å². The van der Waals surface area contributed by atoms with E-state index in [1.54, 1.807) is 55.5 Å². The summed E-state index contributed by atoms with van der Waals surface area (Å²) in [6.45, 7) is 1.70. The molecule has 33 heavy (non-hydrogen) atoms. The summed E-state index contributed by atoms with van der Waals surface area (Å²) in [6, 6.07) is 18.2. The molecule has 0 spiro atoms. The molecule has 0 aromatic heterocycles. The molecule has 172 valence electrons. The zero-order valence-corrected chi connectivity index (χ0v) is 20.3. The number of hydrogen-bond acceptors (Lipinski definition) is 4. The van der Waals surface area contributed by atoms with Crippen LogP contribution in [0.25, 0.3) is 0 Å². The minimum Gasteiger partial charge on any atom is -0.324 e. The summed E-state index contributed by atoms with van der Waals surface area (Å²) in [5, 5.41) is 3.49. The molecular formula is C24H22Cl2N2O4S. The van der Waals surface area contributed by atoms with Crippen LogP contribution in [0.4, 0.5) is 11.4 Å². The van der Waals surface area contributed by atoms with Crippen LogP contribution < -0.4 is 9.62 Å². The van der Waals surface area contributed by atoms with E-state index in [4.69, 9.17) is 23.2 Å². The van der Waals surface area contributed by atoms with E-state index >= 15 is 0 Å². The van der Waals surface area contributed by atoms with Crippen LogP contribution in [0.2, 0.25) is 10.0 Å². The SMILES string of the molecule is CC[C@H](C(=O)Nc1ccc(Cl)cc1C(=O)c1ccccc1)N(c1ccc(Cl)cc1)S(C)(=O)=O. The highest BCUT2D eigenvalue weighted by Crippen LogP contribution is 2.27. The Balaban J connectivity index is 1.98. The van der Waals surface area contributed by atoms with Crippen molar-refractivity contribution in [2.24, 2.45) is 0 Å². The average Bonchev–Trinajstić information content (AvgIpc) is 2.78. The number of rotatable bonds is 8. The van der Waals surface area contributed by atoms with Crippen LogP contribution in [-0.2, 0) is 14.8 Å². The normalized spacial score (nSPS) is 12.1. The smallest absolute Gasteiger partial charge is 0.248 e. The second-order valence-corrected chi connectivity index (χ2v) is 10.1. The summed E-state index contributed by atoms with van der Waals surface area (Å²) in [7, 11) is -3.81. The Hall–Kier alpha value is -2.87. The van der Waals surface area contributed by atoms with Crippen molar-refractivity contribution < 1.29 is 18.0 Å². The number of ketones is 1. The largest absolute Gasteiger partial charge is 0.324 e. The lowest BCUT2D eigenvalue weighted by Crippen LogP contribution is -2.47. The Morgan fingerprint density at radius 3 is 2.12 bits per heavy atom. The average molecular weight is 505 g/mol. The molecule has 6 nitrogen and oxygen atoms in total. The highest BCUT2D eigenvalue weighted by molar-refractivity contribution is 7.92. The number of amides is 1. The Labute approximate surface area is 203 Å². The Morgan fingerprint density at radius 2 is 1.55 bits per heavy atom. The Morgan fingerprint density at radius 1 is 0.939 bits per heavy atom. The van der Waals surface area contributed by atoms with Gasteiger partial charge in [-0.05, 0) is 48.9 Å². The second-order valence-electron chi connectivity index (χ2n) is 7.33. The Bertz CT molecular complexity index is 1260. The van der Waals surface area contributed by atoms with E-state index < -0.39 is 22.0 Å². The minimum atomic E-state index is -3.81. The van der Waals surface area contributed by atoms with Gasteiger partial charge in [0.1, 0.15) is 6.04 Å². The third-order valence-corrected chi connectivity index (χ3v) is 6.60. The molecule has 3 rings (SSSR count). The third kappa shape index (κ3) is 5.93. The predicted octanol–water partition coefficient (Wildman–Crippen LogP) is 5.41. The molecule has 0 saturated heterocycles. The lowest BCUT2D eigenvalue weighted by Gasteiger charge is -2.30. The molecule has 0 unspecified atom stereocenters. The van der Waals surface area contributed by atoms with Crippen LogP contribution in [0.5, 0.6) is 0 Å². The first-order valence-electron chi connectivity index (χ1n) is 10.1. The van der Waals surface area contributed by atoms with E-state index in [1.165, 1.54) is 24.3 Å². The molecule has 1 amide bonds. The van der Waals surface area contributed by atoms with E-state index in [0.29, 0.717) is 21.3 Å². The lowest BCUT2D eigenvalue weighted by molar-refractivity contribution is -0.117. The van der Waals surface area contributed by atoms with Gasteiger partial charge in [-0.2, -0.15) is 0 Å². The van der Waals surface area contributed by atoms with Crippen LogP contribution in [0.15, 0.2) is 72.8 Å². The number of sulfonamides is 1. The van der Waals surface area contributed by atoms with Crippen molar-refractivity contribution in [3.8, 4) is 0 Å². The van der Waals surface area contributed by atoms with Crippen molar-refractivity contribution in [3.05, 3.63) is 94.0 Å². The van der Waals surface area contributed by atoms with Gasteiger partial charge in [-0.15, -0.1) is 0 Å². The summed E-state index contributed by atoms with van der Waals surface area (Å²) >= 11 is 12.0. The second kappa shape index (κ2) is 10.4. The van der Waals surface area contributed by atoms with Gasteiger partial charge < -0.3 is 5.32 Å². The summed E-state index contributed by atoms with van der Waals surface area (Å²) in [5.41, 5.74) is 1.18. The van der Waals surface area contributed by atoms with Crippen molar-refractivity contribution in [1.29, 1.82) is 0 Å². The molecule has 0 aliphatic rings. The highest BCUT2D eigenvalue weighted by atomic mass is 35.5. The number of hydrogen-bond donors (Lipinski definition) is 1. The molecule has 9 heteroatoms. The summed E-state index contributed by atoms with van der Waals surface area (Å²) in [4.78, 5) is 26.3. The van der Waals surface area contributed by atoms with Crippen molar-refractivity contribution in [1.82, 2.24) is 0 Å². The van der Waals surface area contributed by atoms with Gasteiger partial charge in [0.2, 0.25) is 15.9 Å². The molecule has 1 atom stereocenters. The summed E-state index contributed by atoms with van der Waals surface area (Å²) < 4.78 is 26.3. The third-order valence-electron chi connectivity index (χ3n) is 4.93. The number of benzene rings is 3. The zero-order valence-electron chi connectivity index (χ0n) is 18.0. The van der Waals surface area contributed by atoms with Gasteiger partial charge in [0.15, 0.2) is 5.78 Å². The van der Waals surface area contributed by atoms with Gasteiger partial charge in [-0.1, -0.05) is 60.5 Å². The standard InChI is InChI=1S/C24H22Cl2N2O4S/c1-3-22(28(33(2,31)32)19-12-9-17(25)10-13-19)24(30)27-21-14-11-18(26)15-20(21)23(29)16-7-5-4-6-8-16/h4-15,22H,3H2,1-2H3,(H,27,30)/t22-/m1/s1. The van der Waals surface area contributed by atoms with Crippen LogP contribution >= 0.6 is 23.2 Å². The van der Waals surface area contributed by atoms with Crippen molar-refractivity contribution in [2.75, 3.05) is 15.9 Å². The number of halogens is 2. The summed E-state index contributed by atoms with van der Waals surface area (Å²) in [6.07, 6.45) is 1.22. The predicted molar refractivity (Wildman–Crippen MR) is 133 cm³/mol. The molecule has 0 aliphatic heterocycles. The van der Waals surface area contributed by atoms with Crippen molar-refractivity contribution in [3.63, 3.8) is 0 Å². The number of nitrogens with one attached hydrogen (secondary N) is 1. The van der Waals surface area contributed by atoms with Gasteiger partial charge in [0, 0.05) is 21.2 Å². The van der Waals surface area contributed by atoms with Crippen molar-refractivity contribution >= 4 is 56.3 Å². The molecule has 1 N–H and O–H groups in total. The number of carbonyl (C=O) groups excluding carboxylic acids is 2. The van der Waals surface area contributed by atoms with Crippen LogP contribution in [-0.4, -0.2) is 32.4 Å². The van der Waals surface area contributed by atoms with Gasteiger partial charge >= 0.3 is 0 Å². The molecule has 0 heterocycles. The number of nitrogens with zero attached hydrogens (tertiary/aromatic N) is 1. The quantitative estimate of drug-likeness (QED) is 0.415. The van der Waals surface area contributed by atoms with Crippen LogP contribution in [0.3, 0.4) is 0 Å². The van der Waals surface area contributed by atoms with E-state index in [-0.39, 0.29) is 23.5 Å². The monoisotopic (exact) mass is 504 g/mol. The maximum Gasteiger partial charge on any atom is 0.248 e. The lowest BCUT2D eigenvalue weighted by atomic mass is 10.0. The number of carbonyl (C=O) groups is 2.